The second-order valence-corrected chi connectivity index (χ2v) is 8.96. The van der Waals surface area contributed by atoms with E-state index >= 15 is 0 Å². The predicted octanol–water partition coefficient (Wildman–Crippen LogP) is 6.97. The van der Waals surface area contributed by atoms with Gasteiger partial charge in [-0.2, -0.15) is 0 Å². The van der Waals surface area contributed by atoms with Crippen LogP contribution in [-0.2, 0) is 9.47 Å². The van der Waals surface area contributed by atoms with E-state index in [4.69, 9.17) is 9.47 Å². The summed E-state index contributed by atoms with van der Waals surface area (Å²) in [5, 5.41) is 0. The predicted molar refractivity (Wildman–Crippen MR) is 118 cm³/mol. The Hall–Kier alpha value is -1.84. The normalized spacial score (nSPS) is 12.4. The highest BCUT2D eigenvalue weighted by Gasteiger charge is 2.24. The van der Waals surface area contributed by atoms with Crippen LogP contribution < -0.4 is 0 Å². The van der Waals surface area contributed by atoms with Crippen molar-refractivity contribution in [2.75, 3.05) is 6.61 Å². The second-order valence-electron chi connectivity index (χ2n) is 8.96. The fourth-order valence-corrected chi connectivity index (χ4v) is 2.84. The Balaban J connectivity index is 2.33. The molecular weight excluding hydrogens is 364 g/mol. The van der Waals surface area contributed by atoms with E-state index in [1.165, 1.54) is 44.9 Å². The summed E-state index contributed by atoms with van der Waals surface area (Å²) in [6.45, 7) is 10.6. The molecule has 1 aromatic rings. The lowest BCUT2D eigenvalue weighted by molar-refractivity contribution is 0.00479. The molecule has 1 unspecified atom stereocenters. The lowest BCUT2D eigenvalue weighted by Crippen LogP contribution is -2.28. The van der Waals surface area contributed by atoms with Gasteiger partial charge in [0.05, 0.1) is 17.7 Å². The summed E-state index contributed by atoms with van der Waals surface area (Å²) in [5.41, 5.74) is 0.624. The summed E-state index contributed by atoms with van der Waals surface area (Å²) in [5.74, 6) is -0.802. The van der Waals surface area contributed by atoms with E-state index in [0.717, 1.165) is 12.8 Å². The molecule has 4 heteroatoms. The zero-order valence-corrected chi connectivity index (χ0v) is 19.1. The van der Waals surface area contributed by atoms with Crippen LogP contribution >= 0.6 is 0 Å². The summed E-state index contributed by atoms with van der Waals surface area (Å²) in [6, 6.07) is 6.57. The molecule has 0 aliphatic rings. The Labute approximate surface area is 177 Å². The highest BCUT2D eigenvalue weighted by molar-refractivity contribution is 5.95. The van der Waals surface area contributed by atoms with Gasteiger partial charge in [-0.25, -0.2) is 9.59 Å². The molecule has 1 rings (SSSR count). The molecule has 4 nitrogen and oxygen atoms in total. The third-order valence-electron chi connectivity index (χ3n) is 5.32. The Morgan fingerprint density at radius 3 is 1.93 bits per heavy atom. The van der Waals surface area contributed by atoms with Crippen LogP contribution in [0.15, 0.2) is 24.3 Å². The van der Waals surface area contributed by atoms with Gasteiger partial charge in [0.2, 0.25) is 0 Å². The molecule has 0 heterocycles. The molecule has 0 aromatic heterocycles. The molecule has 0 aliphatic carbocycles. The van der Waals surface area contributed by atoms with Gasteiger partial charge in [0.25, 0.3) is 0 Å². The molecule has 0 saturated heterocycles. The number of ether oxygens (including phenoxy) is 2. The standard InChI is InChI=1S/C25H40O4/c1-6-7-8-9-10-11-12-13-14-18-28-23(26)21-16-15-17-22(19-21)24(27)29-20(2)25(3,4)5/h15-17,19-20H,6-14,18H2,1-5H3. The van der Waals surface area contributed by atoms with Crippen molar-refractivity contribution < 1.29 is 19.1 Å². The minimum Gasteiger partial charge on any atom is -0.462 e. The molecule has 0 aliphatic heterocycles. The quantitative estimate of drug-likeness (QED) is 0.263. The van der Waals surface area contributed by atoms with E-state index < -0.39 is 5.97 Å². The van der Waals surface area contributed by atoms with Crippen LogP contribution in [0.3, 0.4) is 0 Å². The fraction of sp³-hybridized carbons (Fsp3) is 0.680. The van der Waals surface area contributed by atoms with Crippen molar-refractivity contribution in [3.05, 3.63) is 35.4 Å². The van der Waals surface area contributed by atoms with Gasteiger partial charge in [-0.15, -0.1) is 0 Å². The molecule has 0 spiro atoms. The van der Waals surface area contributed by atoms with Crippen molar-refractivity contribution in [2.24, 2.45) is 5.41 Å². The van der Waals surface area contributed by atoms with Crippen LogP contribution in [0, 0.1) is 5.41 Å². The minimum absolute atomic E-state index is 0.137. The van der Waals surface area contributed by atoms with Gasteiger partial charge >= 0.3 is 11.9 Å². The molecular formula is C25H40O4. The molecule has 29 heavy (non-hydrogen) atoms. The molecule has 1 atom stereocenters. The Bertz CT molecular complexity index is 615. The monoisotopic (exact) mass is 404 g/mol. The Kier molecular flexibility index (Phi) is 11.6. The zero-order chi connectivity index (χ0) is 21.7. The maximum atomic E-state index is 12.3. The van der Waals surface area contributed by atoms with Crippen molar-refractivity contribution in [3.63, 3.8) is 0 Å². The molecule has 0 radical (unpaired) electrons. The summed E-state index contributed by atoms with van der Waals surface area (Å²) in [4.78, 5) is 24.6. The van der Waals surface area contributed by atoms with Crippen LogP contribution in [0.2, 0.25) is 0 Å². The van der Waals surface area contributed by atoms with Crippen molar-refractivity contribution in [1.82, 2.24) is 0 Å². The number of rotatable bonds is 13. The molecule has 0 saturated carbocycles. The van der Waals surface area contributed by atoms with Gasteiger partial charge in [0, 0.05) is 0 Å². The molecule has 1 aromatic carbocycles. The topological polar surface area (TPSA) is 52.6 Å². The third-order valence-corrected chi connectivity index (χ3v) is 5.32. The smallest absolute Gasteiger partial charge is 0.338 e. The van der Waals surface area contributed by atoms with Crippen molar-refractivity contribution >= 4 is 11.9 Å². The van der Waals surface area contributed by atoms with E-state index in [-0.39, 0.29) is 17.5 Å². The van der Waals surface area contributed by atoms with Crippen molar-refractivity contribution in [3.8, 4) is 0 Å². The van der Waals surface area contributed by atoms with Gasteiger partial charge in [-0.05, 0) is 37.0 Å². The van der Waals surface area contributed by atoms with Crippen LogP contribution in [0.25, 0.3) is 0 Å². The first kappa shape index (κ1) is 25.2. The minimum atomic E-state index is -0.416. The van der Waals surface area contributed by atoms with Gasteiger partial charge < -0.3 is 9.47 Å². The summed E-state index contributed by atoms with van der Waals surface area (Å²) >= 11 is 0. The van der Waals surface area contributed by atoms with E-state index in [9.17, 15) is 9.59 Å². The molecule has 164 valence electrons. The first-order chi connectivity index (χ1) is 13.8. The fourth-order valence-electron chi connectivity index (χ4n) is 2.84. The van der Waals surface area contributed by atoms with Crippen LogP contribution in [0.4, 0.5) is 0 Å². The van der Waals surface area contributed by atoms with Crippen LogP contribution in [0.5, 0.6) is 0 Å². The van der Waals surface area contributed by atoms with E-state index in [0.29, 0.717) is 17.7 Å². The van der Waals surface area contributed by atoms with E-state index in [2.05, 4.69) is 6.92 Å². The zero-order valence-electron chi connectivity index (χ0n) is 19.1. The van der Waals surface area contributed by atoms with Crippen molar-refractivity contribution in [2.45, 2.75) is 98.5 Å². The number of carbonyl (C=O) groups excluding carboxylic acids is 2. The highest BCUT2D eigenvalue weighted by atomic mass is 16.5. The van der Waals surface area contributed by atoms with Crippen LogP contribution in [0.1, 0.15) is 113 Å². The maximum absolute atomic E-state index is 12.3. The SMILES string of the molecule is CCCCCCCCCCCOC(=O)c1cccc(C(=O)OC(C)C(C)(C)C)c1. The lowest BCUT2D eigenvalue weighted by Gasteiger charge is -2.26. The maximum Gasteiger partial charge on any atom is 0.338 e. The molecule has 0 N–H and O–H groups in total. The Morgan fingerprint density at radius 2 is 1.38 bits per heavy atom. The molecule has 0 bridgehead atoms. The van der Waals surface area contributed by atoms with Crippen molar-refractivity contribution in [1.29, 1.82) is 0 Å². The first-order valence-electron chi connectivity index (χ1n) is 11.2. The Morgan fingerprint density at radius 1 is 0.862 bits per heavy atom. The largest absolute Gasteiger partial charge is 0.462 e. The number of benzene rings is 1. The number of unbranched alkanes of at least 4 members (excludes halogenated alkanes) is 8. The van der Waals surface area contributed by atoms with Crippen LogP contribution in [-0.4, -0.2) is 24.6 Å². The number of hydrogen-bond donors (Lipinski definition) is 0. The average Bonchev–Trinajstić information content (AvgIpc) is 2.68. The molecule has 0 amide bonds. The first-order valence-corrected chi connectivity index (χ1v) is 11.2. The second kappa shape index (κ2) is 13.4. The van der Waals surface area contributed by atoms with Gasteiger partial charge in [-0.3, -0.25) is 0 Å². The third kappa shape index (κ3) is 10.5. The number of hydrogen-bond acceptors (Lipinski definition) is 4. The summed E-state index contributed by atoms with van der Waals surface area (Å²) < 4.78 is 10.9. The van der Waals surface area contributed by atoms with Gasteiger partial charge in [0.15, 0.2) is 0 Å². The van der Waals surface area contributed by atoms with E-state index in [1.54, 1.807) is 24.3 Å². The summed E-state index contributed by atoms with van der Waals surface area (Å²) in [7, 11) is 0. The highest BCUT2D eigenvalue weighted by Crippen LogP contribution is 2.23. The average molecular weight is 405 g/mol. The van der Waals surface area contributed by atoms with Gasteiger partial charge in [-0.1, -0.05) is 85.1 Å². The molecule has 0 fully saturated rings. The lowest BCUT2D eigenvalue weighted by atomic mass is 9.90. The number of carbonyl (C=O) groups is 2. The van der Waals surface area contributed by atoms with E-state index in [1.807, 2.05) is 27.7 Å². The number of esters is 2. The summed E-state index contributed by atoms with van der Waals surface area (Å²) in [6.07, 6.45) is 10.8. The van der Waals surface area contributed by atoms with Gasteiger partial charge in [0.1, 0.15) is 6.10 Å².